The molecule has 3 aromatic rings. The predicted molar refractivity (Wildman–Crippen MR) is 118 cm³/mol. The van der Waals surface area contributed by atoms with Gasteiger partial charge in [0, 0.05) is 23.7 Å². The Balaban J connectivity index is 1.60. The minimum atomic E-state index is -3.65. The summed E-state index contributed by atoms with van der Waals surface area (Å²) in [6.45, 7) is 1.01. The predicted octanol–water partition coefficient (Wildman–Crippen LogP) is 3.74. The summed E-state index contributed by atoms with van der Waals surface area (Å²) in [5.74, 6) is -0.448. The molecule has 2 aromatic carbocycles. The summed E-state index contributed by atoms with van der Waals surface area (Å²) >= 11 is 6.11. The van der Waals surface area contributed by atoms with E-state index in [4.69, 9.17) is 11.6 Å². The molecule has 0 saturated carbocycles. The first-order valence-electron chi connectivity index (χ1n) is 10.0. The second kappa shape index (κ2) is 9.17. The maximum Gasteiger partial charge on any atom is 0.255 e. The van der Waals surface area contributed by atoms with Crippen molar-refractivity contribution in [2.75, 3.05) is 18.4 Å². The van der Waals surface area contributed by atoms with Crippen LogP contribution in [0, 0.1) is 0 Å². The molecule has 31 heavy (non-hydrogen) atoms. The van der Waals surface area contributed by atoms with Crippen LogP contribution in [0.15, 0.2) is 60.0 Å². The van der Waals surface area contributed by atoms with Crippen LogP contribution in [0.4, 0.5) is 5.69 Å². The van der Waals surface area contributed by atoms with Gasteiger partial charge in [-0.3, -0.25) is 4.79 Å². The molecule has 0 spiro atoms. The molecule has 0 atom stereocenters. The molecule has 1 saturated heterocycles. The number of hydrogen-bond donors (Lipinski definition) is 1. The van der Waals surface area contributed by atoms with Gasteiger partial charge in [-0.2, -0.15) is 9.40 Å². The van der Waals surface area contributed by atoms with Crippen LogP contribution in [0.5, 0.6) is 0 Å². The van der Waals surface area contributed by atoms with Crippen LogP contribution >= 0.6 is 11.6 Å². The quantitative estimate of drug-likeness (QED) is 0.626. The van der Waals surface area contributed by atoms with Crippen molar-refractivity contribution in [3.8, 4) is 5.69 Å². The summed E-state index contributed by atoms with van der Waals surface area (Å²) in [7, 11) is -3.65. The van der Waals surface area contributed by atoms with Crippen molar-refractivity contribution in [3.05, 3.63) is 65.7 Å². The highest BCUT2D eigenvalue weighted by molar-refractivity contribution is 7.89. The van der Waals surface area contributed by atoms with E-state index in [9.17, 15) is 13.2 Å². The zero-order valence-electron chi connectivity index (χ0n) is 16.7. The Hall–Kier alpha value is -2.75. The summed E-state index contributed by atoms with van der Waals surface area (Å²) in [6.07, 6.45) is 6.65. The fraction of sp³-hybridized carbons (Fsp3) is 0.286. The molecular formula is C21H22ClN5O3S. The summed E-state index contributed by atoms with van der Waals surface area (Å²) in [5, 5.41) is 7.33. The first-order valence-corrected chi connectivity index (χ1v) is 11.8. The van der Waals surface area contributed by atoms with E-state index in [1.54, 1.807) is 30.3 Å². The van der Waals surface area contributed by atoms with Gasteiger partial charge in [0.15, 0.2) is 0 Å². The van der Waals surface area contributed by atoms with Gasteiger partial charge < -0.3 is 5.32 Å². The molecule has 0 unspecified atom stereocenters. The first kappa shape index (κ1) is 21.5. The molecule has 0 bridgehead atoms. The van der Waals surface area contributed by atoms with E-state index >= 15 is 0 Å². The number of anilines is 1. The van der Waals surface area contributed by atoms with Crippen LogP contribution < -0.4 is 5.32 Å². The second-order valence-electron chi connectivity index (χ2n) is 7.30. The Morgan fingerprint density at radius 2 is 1.81 bits per heavy atom. The number of nitrogens with zero attached hydrogens (tertiary/aromatic N) is 4. The number of carbonyl (C=O) groups is 1. The minimum Gasteiger partial charge on any atom is -0.320 e. The minimum absolute atomic E-state index is 0.115. The van der Waals surface area contributed by atoms with Gasteiger partial charge in [-0.25, -0.2) is 18.1 Å². The highest BCUT2D eigenvalue weighted by atomic mass is 35.5. The lowest BCUT2D eigenvalue weighted by Gasteiger charge is -2.20. The van der Waals surface area contributed by atoms with Crippen molar-refractivity contribution in [2.24, 2.45) is 0 Å². The summed E-state index contributed by atoms with van der Waals surface area (Å²) in [4.78, 5) is 17.0. The van der Waals surface area contributed by atoms with E-state index in [-0.39, 0.29) is 10.5 Å². The third-order valence-electron chi connectivity index (χ3n) is 5.17. The number of nitrogens with one attached hydrogen (secondary N) is 1. The topological polar surface area (TPSA) is 97.2 Å². The average Bonchev–Trinajstić information content (AvgIpc) is 3.14. The molecule has 4 rings (SSSR count). The molecule has 10 heteroatoms. The standard InChI is InChI=1S/C21H22ClN5O3S/c22-17-8-9-20(27-15-23-14-24-27)19(13-17)25-21(28)16-6-5-7-18(12-16)31(29,30)26-10-3-1-2-4-11-26/h5-9,12-15H,1-4,10-11H2,(H,25,28). The lowest BCUT2D eigenvalue weighted by molar-refractivity contribution is 0.102. The zero-order chi connectivity index (χ0) is 21.8. The molecule has 1 N–H and O–H groups in total. The molecule has 162 valence electrons. The normalized spacial score (nSPS) is 15.4. The Bertz CT molecular complexity index is 1170. The van der Waals surface area contributed by atoms with E-state index in [2.05, 4.69) is 15.4 Å². The van der Waals surface area contributed by atoms with Gasteiger partial charge in [0.1, 0.15) is 12.7 Å². The molecule has 1 aromatic heterocycles. The van der Waals surface area contributed by atoms with Crippen molar-refractivity contribution >= 4 is 33.2 Å². The second-order valence-corrected chi connectivity index (χ2v) is 9.68. The molecule has 0 radical (unpaired) electrons. The summed E-state index contributed by atoms with van der Waals surface area (Å²) in [5.41, 5.74) is 1.26. The van der Waals surface area contributed by atoms with Crippen molar-refractivity contribution in [2.45, 2.75) is 30.6 Å². The van der Waals surface area contributed by atoms with Gasteiger partial charge in [0.2, 0.25) is 10.0 Å². The highest BCUT2D eigenvalue weighted by Gasteiger charge is 2.26. The number of sulfonamides is 1. The monoisotopic (exact) mass is 459 g/mol. The van der Waals surface area contributed by atoms with Crippen molar-refractivity contribution in [3.63, 3.8) is 0 Å². The molecule has 1 aliphatic heterocycles. The van der Waals surface area contributed by atoms with Gasteiger partial charge in [0.25, 0.3) is 5.91 Å². The maximum atomic E-state index is 13.1. The number of rotatable bonds is 5. The van der Waals surface area contributed by atoms with Crippen molar-refractivity contribution in [1.82, 2.24) is 19.1 Å². The van der Waals surface area contributed by atoms with Crippen LogP contribution in [-0.4, -0.2) is 46.5 Å². The number of benzene rings is 2. The van der Waals surface area contributed by atoms with Gasteiger partial charge in [-0.1, -0.05) is 30.5 Å². The molecule has 1 fully saturated rings. The summed E-state index contributed by atoms with van der Waals surface area (Å²) in [6, 6.07) is 11.1. The first-order chi connectivity index (χ1) is 14.9. The van der Waals surface area contributed by atoms with E-state index in [1.165, 1.54) is 33.8 Å². The number of amides is 1. The Kier molecular flexibility index (Phi) is 6.35. The van der Waals surface area contributed by atoms with Crippen LogP contribution in [0.1, 0.15) is 36.0 Å². The van der Waals surface area contributed by atoms with Gasteiger partial charge in [0.05, 0.1) is 16.3 Å². The molecule has 1 amide bonds. The SMILES string of the molecule is O=C(Nc1cc(Cl)ccc1-n1cncn1)c1cccc(S(=O)(=O)N2CCCCCC2)c1. The molecular weight excluding hydrogens is 438 g/mol. The van der Waals surface area contributed by atoms with E-state index in [1.807, 2.05) is 0 Å². The van der Waals surface area contributed by atoms with E-state index in [0.717, 1.165) is 25.7 Å². The number of hydrogen-bond acceptors (Lipinski definition) is 5. The van der Waals surface area contributed by atoms with Crippen LogP contribution in [0.2, 0.25) is 5.02 Å². The third kappa shape index (κ3) is 4.79. The highest BCUT2D eigenvalue weighted by Crippen LogP contribution is 2.26. The van der Waals surface area contributed by atoms with Crippen LogP contribution in [0.25, 0.3) is 5.69 Å². The van der Waals surface area contributed by atoms with Gasteiger partial charge in [-0.15, -0.1) is 0 Å². The Morgan fingerprint density at radius 1 is 1.03 bits per heavy atom. The number of halogens is 1. The molecule has 2 heterocycles. The molecule has 1 aliphatic rings. The molecule has 0 aliphatic carbocycles. The third-order valence-corrected chi connectivity index (χ3v) is 7.30. The molecule has 8 nitrogen and oxygen atoms in total. The van der Waals surface area contributed by atoms with Crippen LogP contribution in [0.3, 0.4) is 0 Å². The fourth-order valence-corrected chi connectivity index (χ4v) is 5.30. The lowest BCUT2D eigenvalue weighted by Crippen LogP contribution is -2.32. The van der Waals surface area contributed by atoms with Crippen molar-refractivity contribution < 1.29 is 13.2 Å². The summed E-state index contributed by atoms with van der Waals surface area (Å²) < 4.78 is 29.2. The Morgan fingerprint density at radius 3 is 2.52 bits per heavy atom. The Labute approximate surface area is 185 Å². The fourth-order valence-electron chi connectivity index (χ4n) is 3.56. The van der Waals surface area contributed by atoms with E-state index in [0.29, 0.717) is 29.5 Å². The number of carbonyl (C=O) groups excluding carboxylic acids is 1. The van der Waals surface area contributed by atoms with E-state index < -0.39 is 15.9 Å². The largest absolute Gasteiger partial charge is 0.320 e. The smallest absolute Gasteiger partial charge is 0.255 e. The van der Waals surface area contributed by atoms with Crippen LogP contribution in [-0.2, 0) is 10.0 Å². The lowest BCUT2D eigenvalue weighted by atomic mass is 10.2. The van der Waals surface area contributed by atoms with Crippen molar-refractivity contribution in [1.29, 1.82) is 0 Å². The van der Waals surface area contributed by atoms with Gasteiger partial charge >= 0.3 is 0 Å². The maximum absolute atomic E-state index is 13.1. The number of aromatic nitrogens is 3. The van der Waals surface area contributed by atoms with Gasteiger partial charge in [-0.05, 0) is 49.2 Å². The average molecular weight is 460 g/mol. The zero-order valence-corrected chi connectivity index (χ0v) is 18.3.